The number of carbonyl (C=O) groups excluding carboxylic acids is 1. The Morgan fingerprint density at radius 1 is 1.06 bits per heavy atom. The standard InChI is InChI=1S/C24H26BF2NO6/c1-23(2)24(3,4)34-25(33-23)17(12-16-10-11-18(26)19(20(16)27)21(29)30)13-28-22(31)32-14-15-8-6-5-7-9-15/h5-12H,13-14H2,1-4H3,(H,28,31)(H,29,30). The fraction of sp³-hybridized carbons (Fsp3) is 0.333. The van der Waals surface area contributed by atoms with Crippen molar-refractivity contribution in [1.82, 2.24) is 5.32 Å². The molecule has 1 saturated heterocycles. The van der Waals surface area contributed by atoms with Gasteiger partial charge in [-0.2, -0.15) is 0 Å². The van der Waals surface area contributed by atoms with E-state index in [-0.39, 0.29) is 24.2 Å². The van der Waals surface area contributed by atoms with E-state index in [4.69, 9.17) is 19.2 Å². The number of aromatic carboxylic acids is 1. The van der Waals surface area contributed by atoms with Gasteiger partial charge in [-0.3, -0.25) is 0 Å². The van der Waals surface area contributed by atoms with Crippen molar-refractivity contribution in [2.75, 3.05) is 6.54 Å². The lowest BCUT2D eigenvalue weighted by molar-refractivity contribution is 0.00578. The first-order valence-electron chi connectivity index (χ1n) is 10.6. The zero-order valence-corrected chi connectivity index (χ0v) is 19.4. The van der Waals surface area contributed by atoms with Gasteiger partial charge in [0.15, 0.2) is 0 Å². The van der Waals surface area contributed by atoms with Crippen LogP contribution in [0.1, 0.15) is 49.2 Å². The zero-order valence-electron chi connectivity index (χ0n) is 19.4. The summed E-state index contributed by atoms with van der Waals surface area (Å²) in [7, 11) is -0.975. The Kier molecular flexibility index (Phi) is 7.43. The number of carbonyl (C=O) groups is 2. The van der Waals surface area contributed by atoms with E-state index in [0.717, 1.165) is 17.7 Å². The summed E-state index contributed by atoms with van der Waals surface area (Å²) < 4.78 is 45.8. The minimum Gasteiger partial charge on any atom is -0.477 e. The molecule has 1 aliphatic rings. The summed E-state index contributed by atoms with van der Waals surface area (Å²) in [6.45, 7) is 7.21. The second kappa shape index (κ2) is 9.94. The molecule has 2 N–H and O–H groups in total. The SMILES string of the molecule is CC1(C)OB(C(=Cc2ccc(F)c(C(=O)O)c2F)CNC(=O)OCc2ccccc2)OC1(C)C. The van der Waals surface area contributed by atoms with Gasteiger partial charge in [-0.15, -0.1) is 0 Å². The topological polar surface area (TPSA) is 94.1 Å². The number of nitrogens with one attached hydrogen (secondary N) is 1. The molecule has 34 heavy (non-hydrogen) atoms. The van der Waals surface area contributed by atoms with Crippen LogP contribution in [-0.2, 0) is 20.7 Å². The molecule has 7 nitrogen and oxygen atoms in total. The van der Waals surface area contributed by atoms with E-state index in [0.29, 0.717) is 0 Å². The number of hydrogen-bond acceptors (Lipinski definition) is 5. The van der Waals surface area contributed by atoms with Crippen LogP contribution in [0.4, 0.5) is 13.6 Å². The van der Waals surface area contributed by atoms with E-state index >= 15 is 0 Å². The van der Waals surface area contributed by atoms with Gasteiger partial charge in [-0.05, 0) is 50.9 Å². The van der Waals surface area contributed by atoms with Crippen LogP contribution in [0.2, 0.25) is 0 Å². The Morgan fingerprint density at radius 2 is 1.68 bits per heavy atom. The molecular formula is C24H26BF2NO6. The van der Waals surface area contributed by atoms with Gasteiger partial charge >= 0.3 is 19.2 Å². The summed E-state index contributed by atoms with van der Waals surface area (Å²) in [4.78, 5) is 23.5. The Balaban J connectivity index is 1.84. The molecule has 0 spiro atoms. The number of benzene rings is 2. The maximum Gasteiger partial charge on any atom is 0.492 e. The fourth-order valence-corrected chi connectivity index (χ4v) is 3.22. The number of rotatable bonds is 7. The molecule has 0 aliphatic carbocycles. The number of amides is 1. The highest BCUT2D eigenvalue weighted by atomic mass is 19.1. The molecule has 2 aromatic carbocycles. The first kappa shape index (κ1) is 25.4. The van der Waals surface area contributed by atoms with Crippen LogP contribution in [0, 0.1) is 11.6 Å². The van der Waals surface area contributed by atoms with Gasteiger partial charge in [0.2, 0.25) is 0 Å². The van der Waals surface area contributed by atoms with Crippen molar-refractivity contribution in [3.05, 3.63) is 76.3 Å². The number of carboxylic acid groups (broad SMARTS) is 1. The van der Waals surface area contributed by atoms with Crippen LogP contribution in [-0.4, -0.2) is 42.0 Å². The van der Waals surface area contributed by atoms with E-state index in [1.54, 1.807) is 12.1 Å². The smallest absolute Gasteiger partial charge is 0.477 e. The number of alkyl carbamates (subject to hydrolysis) is 1. The van der Waals surface area contributed by atoms with Crippen molar-refractivity contribution in [3.63, 3.8) is 0 Å². The molecule has 0 aromatic heterocycles. The molecule has 1 amide bonds. The van der Waals surface area contributed by atoms with Crippen molar-refractivity contribution in [2.45, 2.75) is 45.5 Å². The molecule has 1 heterocycles. The minimum absolute atomic E-state index is 0.0524. The molecule has 10 heteroatoms. The van der Waals surface area contributed by atoms with Crippen LogP contribution in [0.15, 0.2) is 47.9 Å². The summed E-state index contributed by atoms with van der Waals surface area (Å²) in [5.74, 6) is -4.17. The van der Waals surface area contributed by atoms with Crippen molar-refractivity contribution >= 4 is 25.3 Å². The summed E-state index contributed by atoms with van der Waals surface area (Å²) in [6, 6.07) is 11.1. The van der Waals surface area contributed by atoms with Crippen molar-refractivity contribution < 1.29 is 37.5 Å². The lowest BCUT2D eigenvalue weighted by Gasteiger charge is -2.32. The van der Waals surface area contributed by atoms with Gasteiger partial charge in [0.05, 0.1) is 11.2 Å². The second-order valence-corrected chi connectivity index (χ2v) is 8.85. The van der Waals surface area contributed by atoms with Gasteiger partial charge in [0.1, 0.15) is 23.8 Å². The maximum atomic E-state index is 14.8. The molecule has 0 radical (unpaired) electrons. The van der Waals surface area contributed by atoms with Gasteiger partial charge in [0.25, 0.3) is 0 Å². The molecule has 3 rings (SSSR count). The van der Waals surface area contributed by atoms with Crippen molar-refractivity contribution in [2.24, 2.45) is 0 Å². The van der Waals surface area contributed by atoms with E-state index in [1.165, 1.54) is 6.08 Å². The predicted molar refractivity (Wildman–Crippen MR) is 122 cm³/mol. The van der Waals surface area contributed by atoms with Crippen molar-refractivity contribution in [3.8, 4) is 0 Å². The monoisotopic (exact) mass is 473 g/mol. The Morgan fingerprint density at radius 3 is 2.26 bits per heavy atom. The van der Waals surface area contributed by atoms with Crippen LogP contribution in [0.3, 0.4) is 0 Å². The maximum absolute atomic E-state index is 14.8. The summed E-state index contributed by atoms with van der Waals surface area (Å²) in [5.41, 5.74) is -1.62. The summed E-state index contributed by atoms with van der Waals surface area (Å²) >= 11 is 0. The molecular weight excluding hydrogens is 447 g/mol. The van der Waals surface area contributed by atoms with E-state index in [1.807, 2.05) is 45.9 Å². The van der Waals surface area contributed by atoms with Gasteiger partial charge in [-0.1, -0.05) is 36.4 Å². The van der Waals surface area contributed by atoms with Gasteiger partial charge in [0, 0.05) is 12.1 Å². The van der Waals surface area contributed by atoms with Crippen LogP contribution in [0.5, 0.6) is 0 Å². The lowest BCUT2D eigenvalue weighted by atomic mass is 9.77. The third-order valence-corrected chi connectivity index (χ3v) is 5.88. The van der Waals surface area contributed by atoms with E-state index in [2.05, 4.69) is 5.32 Å². The number of carboxylic acids is 1. The van der Waals surface area contributed by atoms with Crippen LogP contribution < -0.4 is 5.32 Å². The minimum atomic E-state index is -1.73. The molecule has 180 valence electrons. The molecule has 1 fully saturated rings. The zero-order chi connectivity index (χ0) is 25.1. The quantitative estimate of drug-likeness (QED) is 0.571. The highest BCUT2D eigenvalue weighted by molar-refractivity contribution is 6.56. The average molecular weight is 473 g/mol. The van der Waals surface area contributed by atoms with Crippen LogP contribution >= 0.6 is 0 Å². The van der Waals surface area contributed by atoms with E-state index in [9.17, 15) is 18.4 Å². The number of halogens is 2. The summed E-state index contributed by atoms with van der Waals surface area (Å²) in [6.07, 6.45) is 0.554. The first-order valence-corrected chi connectivity index (χ1v) is 10.6. The van der Waals surface area contributed by atoms with Gasteiger partial charge in [-0.25, -0.2) is 18.4 Å². The largest absolute Gasteiger partial charge is 0.492 e. The first-order chi connectivity index (χ1) is 15.9. The highest BCUT2D eigenvalue weighted by Crippen LogP contribution is 2.39. The number of ether oxygens (including phenoxy) is 1. The Bertz CT molecular complexity index is 1090. The third kappa shape index (κ3) is 5.63. The molecule has 1 aliphatic heterocycles. The molecule has 0 bridgehead atoms. The Hall–Kier alpha value is -3.24. The predicted octanol–water partition coefficient (Wildman–Crippen LogP) is 4.60. The molecule has 2 aromatic rings. The normalized spacial score (nSPS) is 16.9. The molecule has 0 atom stereocenters. The lowest BCUT2D eigenvalue weighted by Crippen LogP contribution is -2.41. The third-order valence-electron chi connectivity index (χ3n) is 5.88. The van der Waals surface area contributed by atoms with Crippen LogP contribution in [0.25, 0.3) is 6.08 Å². The Labute approximate surface area is 196 Å². The van der Waals surface area contributed by atoms with Gasteiger partial charge < -0.3 is 24.5 Å². The fourth-order valence-electron chi connectivity index (χ4n) is 3.22. The average Bonchev–Trinajstić information content (AvgIpc) is 2.98. The second-order valence-electron chi connectivity index (χ2n) is 8.85. The molecule has 0 saturated carbocycles. The summed E-state index contributed by atoms with van der Waals surface area (Å²) in [5, 5.41) is 11.7. The van der Waals surface area contributed by atoms with Crippen molar-refractivity contribution in [1.29, 1.82) is 0 Å². The molecule has 0 unspecified atom stereocenters. The number of hydrogen-bond donors (Lipinski definition) is 2. The van der Waals surface area contributed by atoms with E-state index < -0.39 is 47.6 Å². The highest BCUT2D eigenvalue weighted by Gasteiger charge is 2.52.